The fraction of sp³-hybridized carbons (Fsp3) is 0.538. The van der Waals surface area contributed by atoms with Crippen LogP contribution in [0.4, 0.5) is 17.3 Å². The van der Waals surface area contributed by atoms with Gasteiger partial charge in [0.05, 0.1) is 18.8 Å². The molecule has 4 rings (SSSR count). The second-order valence-corrected chi connectivity index (χ2v) is 9.57. The maximum Gasteiger partial charge on any atom is 0.271 e. The highest BCUT2D eigenvalue weighted by Crippen LogP contribution is 2.43. The van der Waals surface area contributed by atoms with Crippen LogP contribution in [0.1, 0.15) is 60.3 Å². The second kappa shape index (κ2) is 12.2. The first kappa shape index (κ1) is 26.6. The molecule has 2 fully saturated rings. The molecule has 0 spiro atoms. The van der Waals surface area contributed by atoms with E-state index in [0.717, 1.165) is 36.9 Å². The van der Waals surface area contributed by atoms with Crippen LogP contribution in [0.5, 0.6) is 5.75 Å². The van der Waals surface area contributed by atoms with Crippen molar-refractivity contribution in [2.75, 3.05) is 44.5 Å². The van der Waals surface area contributed by atoms with Gasteiger partial charge in [-0.25, -0.2) is 9.97 Å². The lowest BCUT2D eigenvalue weighted by atomic mass is 10.1. The van der Waals surface area contributed by atoms with E-state index in [4.69, 9.17) is 20.2 Å². The van der Waals surface area contributed by atoms with Crippen LogP contribution >= 0.6 is 0 Å². The van der Waals surface area contributed by atoms with Gasteiger partial charge in [0.1, 0.15) is 5.75 Å². The largest absolute Gasteiger partial charge is 0.497 e. The van der Waals surface area contributed by atoms with Crippen LogP contribution < -0.4 is 31.7 Å². The monoisotopic (exact) mass is 511 g/mol. The highest BCUT2D eigenvalue weighted by atomic mass is 16.5. The summed E-state index contributed by atoms with van der Waals surface area (Å²) in [5.74, 6) is 1.20. The lowest BCUT2D eigenvalue weighted by molar-refractivity contribution is -0.122. The molecule has 0 radical (unpaired) electrons. The number of amides is 2. The van der Waals surface area contributed by atoms with Crippen molar-refractivity contribution in [2.24, 2.45) is 5.73 Å². The Morgan fingerprint density at radius 1 is 1.14 bits per heavy atom. The maximum absolute atomic E-state index is 12.4. The van der Waals surface area contributed by atoms with E-state index in [1.165, 1.54) is 0 Å². The average molecular weight is 512 g/mol. The Morgan fingerprint density at radius 3 is 2.54 bits per heavy atom. The Balaban J connectivity index is 1.57. The molecule has 1 aromatic carbocycles. The molecule has 11 nitrogen and oxygen atoms in total. The smallest absolute Gasteiger partial charge is 0.271 e. The lowest BCUT2D eigenvalue weighted by Gasteiger charge is -2.25. The van der Waals surface area contributed by atoms with E-state index in [-0.39, 0.29) is 29.6 Å². The number of nitrogens with two attached hydrogens (primary N) is 1. The summed E-state index contributed by atoms with van der Waals surface area (Å²) < 4.78 is 11.0. The zero-order valence-corrected chi connectivity index (χ0v) is 21.7. The predicted molar refractivity (Wildman–Crippen MR) is 142 cm³/mol. The third-order valence-corrected chi connectivity index (χ3v) is 6.69. The van der Waals surface area contributed by atoms with E-state index in [2.05, 4.69) is 26.3 Å². The van der Waals surface area contributed by atoms with Crippen LogP contribution in [0, 0.1) is 0 Å². The van der Waals surface area contributed by atoms with Gasteiger partial charge in [0.2, 0.25) is 5.91 Å². The van der Waals surface area contributed by atoms with Crippen molar-refractivity contribution in [3.05, 3.63) is 35.2 Å². The van der Waals surface area contributed by atoms with Crippen molar-refractivity contribution in [3.63, 3.8) is 0 Å². The van der Waals surface area contributed by atoms with Crippen LogP contribution in [0.25, 0.3) is 0 Å². The summed E-state index contributed by atoms with van der Waals surface area (Å²) in [5.41, 5.74) is 8.25. The lowest BCUT2D eigenvalue weighted by Crippen LogP contribution is -2.41. The summed E-state index contributed by atoms with van der Waals surface area (Å²) in [5, 5.41) is 12.6. The van der Waals surface area contributed by atoms with E-state index in [1.54, 1.807) is 21.1 Å². The van der Waals surface area contributed by atoms with Crippen molar-refractivity contribution in [2.45, 2.75) is 57.0 Å². The first-order chi connectivity index (χ1) is 17.9. The Kier molecular flexibility index (Phi) is 8.78. The predicted octanol–water partition coefficient (Wildman–Crippen LogP) is 2.06. The zero-order valence-electron chi connectivity index (χ0n) is 21.7. The standard InChI is InChI=1S/C26H37N7O4/c1-15(28-2)26(35)29-9-6-16-12-19(14-20(13-16)36-3)31-25-22(23(27)34)32-21(17-4-5-17)24(33-25)30-18-7-10-37-11-8-18/h12-15,17-18,28H,4-11H2,1-3H3,(H2,27,34)(H,29,35)(H2,30,31,33). The van der Waals surface area contributed by atoms with E-state index in [1.807, 2.05) is 18.2 Å². The quantitative estimate of drug-likeness (QED) is 0.288. The normalized spacial score (nSPS) is 16.6. The number of nitrogens with one attached hydrogen (secondary N) is 4. The first-order valence-corrected chi connectivity index (χ1v) is 12.8. The Labute approximate surface area is 217 Å². The van der Waals surface area contributed by atoms with Gasteiger partial charge in [0, 0.05) is 43.5 Å². The van der Waals surface area contributed by atoms with Gasteiger partial charge in [-0.2, -0.15) is 0 Å². The number of anilines is 3. The molecule has 1 aromatic heterocycles. The van der Waals surface area contributed by atoms with Gasteiger partial charge in [0.15, 0.2) is 17.3 Å². The Morgan fingerprint density at radius 2 is 1.89 bits per heavy atom. The topological polar surface area (TPSA) is 153 Å². The van der Waals surface area contributed by atoms with Crippen molar-refractivity contribution in [1.29, 1.82) is 0 Å². The van der Waals surface area contributed by atoms with E-state index in [0.29, 0.717) is 49.3 Å². The van der Waals surface area contributed by atoms with Crippen molar-refractivity contribution < 1.29 is 19.1 Å². The first-order valence-electron chi connectivity index (χ1n) is 12.8. The number of carbonyl (C=O) groups is 2. The zero-order chi connectivity index (χ0) is 26.4. The number of benzene rings is 1. The van der Waals surface area contributed by atoms with Gasteiger partial charge < -0.3 is 36.5 Å². The van der Waals surface area contributed by atoms with Gasteiger partial charge in [-0.15, -0.1) is 0 Å². The molecule has 0 bridgehead atoms. The number of rotatable bonds is 12. The third kappa shape index (κ3) is 7.07. The number of hydrogen-bond donors (Lipinski definition) is 5. The number of aromatic nitrogens is 2. The number of likely N-dealkylation sites (N-methyl/N-ethyl adjacent to an activating group) is 1. The highest BCUT2D eigenvalue weighted by molar-refractivity contribution is 5.96. The summed E-state index contributed by atoms with van der Waals surface area (Å²) >= 11 is 0. The Hall–Kier alpha value is -3.44. The van der Waals surface area contributed by atoms with Gasteiger partial charge in [0.25, 0.3) is 5.91 Å². The molecule has 1 aliphatic heterocycles. The molecule has 2 aromatic rings. The molecule has 2 aliphatic rings. The van der Waals surface area contributed by atoms with Crippen LogP contribution in [0.15, 0.2) is 18.2 Å². The molecular formula is C26H37N7O4. The van der Waals surface area contributed by atoms with Gasteiger partial charge in [-0.3, -0.25) is 9.59 Å². The number of hydrogen-bond acceptors (Lipinski definition) is 9. The Bertz CT molecular complexity index is 1120. The van der Waals surface area contributed by atoms with Gasteiger partial charge >= 0.3 is 0 Å². The molecule has 200 valence electrons. The van der Waals surface area contributed by atoms with Crippen LogP contribution in [-0.2, 0) is 16.0 Å². The minimum absolute atomic E-state index is 0.0644. The SMILES string of the molecule is CNC(C)C(=O)NCCc1cc(Nc2nc(NC3CCOCC3)c(C3CC3)nc2C(N)=O)cc(OC)c1. The van der Waals surface area contributed by atoms with E-state index < -0.39 is 5.91 Å². The van der Waals surface area contributed by atoms with Gasteiger partial charge in [-0.05, 0) is 63.8 Å². The number of methoxy groups -OCH3 is 1. The summed E-state index contributed by atoms with van der Waals surface area (Å²) in [6, 6.07) is 5.63. The summed E-state index contributed by atoms with van der Waals surface area (Å²) in [6.07, 6.45) is 4.40. The average Bonchev–Trinajstić information content (AvgIpc) is 3.74. The van der Waals surface area contributed by atoms with Crippen molar-refractivity contribution in [1.82, 2.24) is 20.6 Å². The molecule has 1 saturated carbocycles. The second-order valence-electron chi connectivity index (χ2n) is 9.57. The summed E-state index contributed by atoms with van der Waals surface area (Å²) in [6.45, 7) is 3.68. The third-order valence-electron chi connectivity index (χ3n) is 6.69. The minimum Gasteiger partial charge on any atom is -0.497 e. The number of ether oxygens (including phenoxy) is 2. The molecule has 1 aliphatic carbocycles. The molecule has 1 atom stereocenters. The molecule has 2 heterocycles. The molecule has 1 unspecified atom stereocenters. The molecule has 2 amide bonds. The molecule has 37 heavy (non-hydrogen) atoms. The molecule has 11 heteroatoms. The number of nitrogens with zero attached hydrogens (tertiary/aromatic N) is 2. The van der Waals surface area contributed by atoms with Gasteiger partial charge in [-0.1, -0.05) is 0 Å². The summed E-state index contributed by atoms with van der Waals surface area (Å²) in [7, 11) is 3.34. The maximum atomic E-state index is 12.4. The van der Waals surface area contributed by atoms with Crippen molar-refractivity contribution in [3.8, 4) is 5.75 Å². The highest BCUT2D eigenvalue weighted by Gasteiger charge is 2.32. The number of primary amides is 1. The molecule has 1 saturated heterocycles. The van der Waals surface area contributed by atoms with Crippen LogP contribution in [0.2, 0.25) is 0 Å². The van der Waals surface area contributed by atoms with E-state index in [9.17, 15) is 9.59 Å². The van der Waals surface area contributed by atoms with Crippen LogP contribution in [0.3, 0.4) is 0 Å². The number of carbonyl (C=O) groups excluding carboxylic acids is 2. The van der Waals surface area contributed by atoms with Crippen molar-refractivity contribution >= 4 is 29.1 Å². The fourth-order valence-corrected chi connectivity index (χ4v) is 4.24. The fourth-order valence-electron chi connectivity index (χ4n) is 4.24. The summed E-state index contributed by atoms with van der Waals surface area (Å²) in [4.78, 5) is 33.9. The van der Waals surface area contributed by atoms with Crippen LogP contribution in [-0.4, -0.2) is 67.8 Å². The molecule has 6 N–H and O–H groups in total. The molecular weight excluding hydrogens is 474 g/mol. The minimum atomic E-state index is -0.640. The van der Waals surface area contributed by atoms with E-state index >= 15 is 0 Å².